The van der Waals surface area contributed by atoms with Crippen molar-refractivity contribution in [2.45, 2.75) is 170 Å². The van der Waals surface area contributed by atoms with E-state index in [0.29, 0.717) is 0 Å². The molecule has 5 amide bonds. The molecule has 0 saturated heterocycles. The third-order valence-corrected chi connectivity index (χ3v) is 9.13. The normalized spacial score (nSPS) is 17.4. The van der Waals surface area contributed by atoms with Gasteiger partial charge in [0, 0.05) is 19.3 Å². The van der Waals surface area contributed by atoms with Gasteiger partial charge in [0.2, 0.25) is 35.6 Å². The molecule has 0 aromatic rings. The fourth-order valence-electron chi connectivity index (χ4n) is 6.15. The highest BCUT2D eigenvalue weighted by Crippen LogP contribution is 2.18. The lowest BCUT2D eigenvalue weighted by Crippen LogP contribution is -2.59. The topological polar surface area (TPSA) is 246 Å². The van der Waals surface area contributed by atoms with E-state index in [4.69, 9.17) is 4.74 Å². The fraction of sp³-hybridized carbons (Fsp3) is 0.795. The molecule has 1 saturated carbocycles. The van der Waals surface area contributed by atoms with Crippen molar-refractivity contribution in [3.05, 3.63) is 0 Å². The highest BCUT2D eigenvalue weighted by molar-refractivity contribution is 6.12. The van der Waals surface area contributed by atoms with E-state index in [1.54, 1.807) is 27.7 Å². The molecule has 0 radical (unpaired) electrons. The largest absolute Gasteiger partial charge is 0.446 e. The molecule has 7 N–H and O–H groups in total. The zero-order chi connectivity index (χ0) is 42.3. The number of rotatable bonds is 23. The van der Waals surface area contributed by atoms with Crippen molar-refractivity contribution in [1.82, 2.24) is 26.6 Å². The van der Waals surface area contributed by atoms with Crippen molar-refractivity contribution < 1.29 is 53.3 Å². The molecule has 0 heterocycles. The van der Waals surface area contributed by atoms with Crippen molar-refractivity contribution in [2.75, 3.05) is 0 Å². The first-order valence-corrected chi connectivity index (χ1v) is 19.5. The first kappa shape index (κ1) is 49.1. The predicted molar refractivity (Wildman–Crippen MR) is 204 cm³/mol. The van der Waals surface area contributed by atoms with Crippen LogP contribution in [-0.2, 0) is 43.1 Å². The number of aliphatic hydroxyl groups is 2. The van der Waals surface area contributed by atoms with Gasteiger partial charge in [0.1, 0.15) is 18.1 Å². The zero-order valence-electron chi connectivity index (χ0n) is 34.5. The number of amides is 5. The van der Waals surface area contributed by atoms with Crippen LogP contribution in [0.3, 0.4) is 0 Å². The van der Waals surface area contributed by atoms with Gasteiger partial charge in [-0.25, -0.2) is 0 Å². The van der Waals surface area contributed by atoms with Crippen LogP contribution in [0.25, 0.3) is 0 Å². The van der Waals surface area contributed by atoms with Gasteiger partial charge in [-0.1, -0.05) is 69.2 Å². The van der Waals surface area contributed by atoms with E-state index >= 15 is 0 Å². The summed E-state index contributed by atoms with van der Waals surface area (Å²) < 4.78 is 5.00. The molecule has 16 heteroatoms. The minimum Gasteiger partial charge on any atom is -0.446 e. The highest BCUT2D eigenvalue weighted by atomic mass is 16.6. The van der Waals surface area contributed by atoms with Gasteiger partial charge in [0.15, 0.2) is 11.6 Å². The molecule has 0 aliphatic heterocycles. The molecule has 1 rings (SSSR count). The number of hydrogen-bond donors (Lipinski definition) is 7. The average molecular weight is 782 g/mol. The van der Waals surface area contributed by atoms with Gasteiger partial charge in [0.05, 0.1) is 37.1 Å². The standard InChI is InChI=1S/C39H67N5O11/c1-19(2)14-25(42-38(53)35(23(9)10)44-39(54)34(22(7)8)43-31(49)16-21(5)6)29(47)17-32(50)40-24(11)37(52)41-26(15-20(3)4)30(48)18-33(51)55-36-27(45)12-13-28(36)46/h19-26,29-30,34-36,47-48H,12-18H2,1-11H3,(H,40,50)(H,41,52)(H,42,53)(H,43,49)(H,44,54)/t24-,25-,26-,29-,30-,34-,35-/m0/s1. The smallest absolute Gasteiger partial charge is 0.309 e. The molecule has 55 heavy (non-hydrogen) atoms. The Labute approximate surface area is 325 Å². The molecule has 1 aliphatic rings. The third kappa shape index (κ3) is 17.6. The molecular weight excluding hydrogens is 714 g/mol. The number of aliphatic hydroxyl groups excluding tert-OH is 2. The van der Waals surface area contributed by atoms with Crippen LogP contribution in [0.15, 0.2) is 0 Å². The number of ketones is 2. The van der Waals surface area contributed by atoms with E-state index in [1.807, 2.05) is 41.5 Å². The maximum atomic E-state index is 13.6. The summed E-state index contributed by atoms with van der Waals surface area (Å²) in [7, 11) is 0. The predicted octanol–water partition coefficient (Wildman–Crippen LogP) is 1.23. The van der Waals surface area contributed by atoms with Gasteiger partial charge in [-0.05, 0) is 49.4 Å². The molecule has 0 aromatic heterocycles. The fourth-order valence-corrected chi connectivity index (χ4v) is 6.15. The van der Waals surface area contributed by atoms with E-state index in [0.717, 1.165) is 0 Å². The molecular formula is C39H67N5O11. The number of nitrogens with one attached hydrogen (secondary N) is 5. The zero-order valence-corrected chi connectivity index (χ0v) is 34.5. The lowest BCUT2D eigenvalue weighted by molar-refractivity contribution is -0.159. The summed E-state index contributed by atoms with van der Waals surface area (Å²) >= 11 is 0. The van der Waals surface area contributed by atoms with E-state index in [-0.39, 0.29) is 67.6 Å². The van der Waals surface area contributed by atoms with Gasteiger partial charge in [0.25, 0.3) is 0 Å². The number of carbonyl (C=O) groups is 8. The van der Waals surface area contributed by atoms with Crippen LogP contribution in [0.2, 0.25) is 0 Å². The van der Waals surface area contributed by atoms with Crippen LogP contribution >= 0.6 is 0 Å². The minimum absolute atomic E-state index is 0.0120. The average Bonchev–Trinajstić information content (AvgIpc) is 3.35. The highest BCUT2D eigenvalue weighted by Gasteiger charge is 2.38. The molecule has 0 spiro atoms. The van der Waals surface area contributed by atoms with Crippen molar-refractivity contribution in [2.24, 2.45) is 29.6 Å². The number of Topliss-reactive ketones (excluding diaryl/α,β-unsaturated/α-hetero) is 2. The van der Waals surface area contributed by atoms with Crippen LogP contribution in [0.4, 0.5) is 0 Å². The summed E-state index contributed by atoms with van der Waals surface area (Å²) in [6.07, 6.45) is -4.59. The molecule has 1 aliphatic carbocycles. The maximum absolute atomic E-state index is 13.6. The quantitative estimate of drug-likeness (QED) is 0.0574. The van der Waals surface area contributed by atoms with Crippen molar-refractivity contribution >= 4 is 47.1 Å². The SMILES string of the molecule is CC(C)CC(=O)N[C@H](C(=O)N[C@H](C(=O)N[C@@H](CC(C)C)[C@@H](O)CC(=O)N[C@@H](C)C(=O)N[C@@H](CC(C)C)[C@@H](O)CC(=O)OC1C(=O)CCC1=O)C(C)C)C(C)C. The van der Waals surface area contributed by atoms with Crippen molar-refractivity contribution in [3.8, 4) is 0 Å². The van der Waals surface area contributed by atoms with Crippen LogP contribution in [0.5, 0.6) is 0 Å². The maximum Gasteiger partial charge on any atom is 0.309 e. The molecule has 1 fully saturated rings. The second-order valence-corrected chi connectivity index (χ2v) is 16.7. The number of hydrogen-bond acceptors (Lipinski definition) is 11. The summed E-state index contributed by atoms with van der Waals surface area (Å²) in [5, 5.41) is 35.5. The summed E-state index contributed by atoms with van der Waals surface area (Å²) in [4.78, 5) is 102. The number of carbonyl (C=O) groups excluding carboxylic acids is 8. The second-order valence-electron chi connectivity index (χ2n) is 16.7. The molecule has 0 aromatic carbocycles. The Bertz CT molecular complexity index is 1330. The molecule has 314 valence electrons. The Hall–Kier alpha value is -3.92. The van der Waals surface area contributed by atoms with E-state index in [1.165, 1.54) is 6.92 Å². The van der Waals surface area contributed by atoms with Gasteiger partial charge < -0.3 is 41.5 Å². The van der Waals surface area contributed by atoms with Crippen LogP contribution in [-0.4, -0.2) is 106 Å². The molecule has 16 nitrogen and oxygen atoms in total. The second kappa shape index (κ2) is 23.2. The monoisotopic (exact) mass is 781 g/mol. The van der Waals surface area contributed by atoms with Gasteiger partial charge in [-0.3, -0.25) is 38.4 Å². The van der Waals surface area contributed by atoms with Crippen molar-refractivity contribution in [1.29, 1.82) is 0 Å². The van der Waals surface area contributed by atoms with E-state index < -0.39 is 103 Å². The van der Waals surface area contributed by atoms with Gasteiger partial charge in [-0.2, -0.15) is 0 Å². The minimum atomic E-state index is -1.48. The summed E-state index contributed by atoms with van der Waals surface area (Å²) in [6, 6.07) is -4.85. The Morgan fingerprint density at radius 1 is 0.564 bits per heavy atom. The Balaban J connectivity index is 2.93. The first-order valence-electron chi connectivity index (χ1n) is 19.5. The van der Waals surface area contributed by atoms with Crippen LogP contribution in [0.1, 0.15) is 121 Å². The lowest BCUT2D eigenvalue weighted by Gasteiger charge is -2.31. The Morgan fingerprint density at radius 2 is 0.982 bits per heavy atom. The summed E-state index contributed by atoms with van der Waals surface area (Å²) in [5.74, 6) is -5.29. The third-order valence-electron chi connectivity index (χ3n) is 9.13. The number of ether oxygens (including phenoxy) is 1. The summed E-state index contributed by atoms with van der Waals surface area (Å²) in [5.41, 5.74) is 0. The van der Waals surface area contributed by atoms with E-state index in [2.05, 4.69) is 26.6 Å². The van der Waals surface area contributed by atoms with Crippen LogP contribution < -0.4 is 26.6 Å². The number of esters is 1. The van der Waals surface area contributed by atoms with Crippen molar-refractivity contribution in [3.63, 3.8) is 0 Å². The van der Waals surface area contributed by atoms with Gasteiger partial charge >= 0.3 is 5.97 Å². The van der Waals surface area contributed by atoms with Gasteiger partial charge in [-0.15, -0.1) is 0 Å². The lowest BCUT2D eigenvalue weighted by atomic mass is 9.95. The summed E-state index contributed by atoms with van der Waals surface area (Å²) in [6.45, 7) is 19.7. The Kier molecular flexibility index (Phi) is 20.7. The Morgan fingerprint density at radius 3 is 1.44 bits per heavy atom. The molecule has 7 atom stereocenters. The van der Waals surface area contributed by atoms with E-state index in [9.17, 15) is 48.6 Å². The molecule has 0 unspecified atom stereocenters. The molecule has 0 bridgehead atoms. The first-order chi connectivity index (χ1) is 25.4. The van der Waals surface area contributed by atoms with Crippen LogP contribution in [0, 0.1) is 29.6 Å².